The van der Waals surface area contributed by atoms with Crippen LogP contribution >= 0.6 is 0 Å². The molecule has 3 heterocycles. The van der Waals surface area contributed by atoms with Gasteiger partial charge in [-0.25, -0.2) is 0 Å². The molecule has 0 unspecified atom stereocenters. The van der Waals surface area contributed by atoms with Gasteiger partial charge in [0.25, 0.3) is 5.89 Å². The van der Waals surface area contributed by atoms with Gasteiger partial charge < -0.3 is 14.2 Å². The number of nitrogens with zero attached hydrogens (tertiary/aromatic N) is 4. The van der Waals surface area contributed by atoms with Crippen LogP contribution < -0.4 is 4.74 Å². The molecular formula is C22H25N5O3. The lowest BCUT2D eigenvalue weighted by Gasteiger charge is -2.31. The molecule has 5 rings (SSSR count). The first-order chi connectivity index (χ1) is 14.7. The third kappa shape index (κ3) is 3.58. The van der Waals surface area contributed by atoms with Crippen molar-refractivity contribution in [3.05, 3.63) is 36.2 Å². The fourth-order valence-corrected chi connectivity index (χ4v) is 4.52. The number of H-pyrrole nitrogens is 1. The number of likely N-dealkylation sites (tertiary alicyclic amines) is 1. The summed E-state index contributed by atoms with van der Waals surface area (Å²) in [4.78, 5) is 19.2. The summed E-state index contributed by atoms with van der Waals surface area (Å²) in [5.74, 6) is 1.94. The Hall–Kier alpha value is -3.16. The normalized spacial score (nSPS) is 20.1. The molecule has 1 aliphatic carbocycles. The number of aromatic nitrogens is 4. The van der Waals surface area contributed by atoms with E-state index in [2.05, 4.69) is 20.3 Å². The Labute approximate surface area is 174 Å². The number of amides is 1. The number of methoxy groups -OCH3 is 1. The van der Waals surface area contributed by atoms with Crippen LogP contribution in [0.1, 0.15) is 50.3 Å². The van der Waals surface area contributed by atoms with Crippen LogP contribution in [0.25, 0.3) is 22.8 Å². The zero-order chi connectivity index (χ0) is 20.5. The van der Waals surface area contributed by atoms with Gasteiger partial charge in [0.2, 0.25) is 5.91 Å². The third-order valence-corrected chi connectivity index (χ3v) is 6.15. The third-order valence-electron chi connectivity index (χ3n) is 6.15. The lowest BCUT2D eigenvalue weighted by Crippen LogP contribution is -2.37. The number of hydrogen-bond donors (Lipinski definition) is 1. The molecule has 3 aromatic rings. The summed E-state index contributed by atoms with van der Waals surface area (Å²) < 4.78 is 10.8. The van der Waals surface area contributed by atoms with Crippen LogP contribution in [0.4, 0.5) is 0 Å². The van der Waals surface area contributed by atoms with Crippen molar-refractivity contribution in [1.82, 2.24) is 25.2 Å². The van der Waals surface area contributed by atoms with Gasteiger partial charge in [-0.3, -0.25) is 9.89 Å². The number of benzene rings is 1. The van der Waals surface area contributed by atoms with E-state index in [-0.39, 0.29) is 11.8 Å². The van der Waals surface area contributed by atoms with E-state index >= 15 is 0 Å². The van der Waals surface area contributed by atoms with Crippen LogP contribution in [0, 0.1) is 0 Å². The van der Waals surface area contributed by atoms with Gasteiger partial charge in [-0.1, -0.05) is 36.6 Å². The monoisotopic (exact) mass is 407 g/mol. The molecular weight excluding hydrogens is 382 g/mol. The van der Waals surface area contributed by atoms with Gasteiger partial charge in [-0.15, -0.1) is 0 Å². The van der Waals surface area contributed by atoms with E-state index in [0.717, 1.165) is 29.8 Å². The lowest BCUT2D eigenvalue weighted by molar-refractivity contribution is -0.130. The maximum atomic E-state index is 12.6. The largest absolute Gasteiger partial charge is 0.497 e. The predicted molar refractivity (Wildman–Crippen MR) is 110 cm³/mol. The second-order valence-electron chi connectivity index (χ2n) is 8.10. The van der Waals surface area contributed by atoms with Crippen molar-refractivity contribution >= 4 is 5.91 Å². The molecule has 30 heavy (non-hydrogen) atoms. The summed E-state index contributed by atoms with van der Waals surface area (Å²) in [6.07, 6.45) is 6.36. The molecule has 8 nitrogen and oxygen atoms in total. The van der Waals surface area contributed by atoms with Crippen molar-refractivity contribution in [2.45, 2.75) is 50.5 Å². The minimum absolute atomic E-state index is 0.0160. The zero-order valence-corrected chi connectivity index (χ0v) is 17.0. The van der Waals surface area contributed by atoms with Crippen molar-refractivity contribution in [3.8, 4) is 28.6 Å². The highest BCUT2D eigenvalue weighted by atomic mass is 16.5. The van der Waals surface area contributed by atoms with Gasteiger partial charge in [0, 0.05) is 30.5 Å². The average molecular weight is 407 g/mol. The maximum Gasteiger partial charge on any atom is 0.275 e. The quantitative estimate of drug-likeness (QED) is 0.691. The molecule has 1 saturated carbocycles. The molecule has 8 heteroatoms. The molecule has 1 amide bonds. The Morgan fingerprint density at radius 3 is 2.90 bits per heavy atom. The number of carbonyl (C=O) groups excluding carboxylic acids is 1. The molecule has 1 atom stereocenters. The highest BCUT2D eigenvalue weighted by molar-refractivity contribution is 5.80. The van der Waals surface area contributed by atoms with Gasteiger partial charge in [0.15, 0.2) is 5.82 Å². The maximum absolute atomic E-state index is 12.6. The summed E-state index contributed by atoms with van der Waals surface area (Å²) in [7, 11) is 1.64. The van der Waals surface area contributed by atoms with Crippen LogP contribution in [0.15, 0.2) is 34.9 Å². The molecule has 0 bridgehead atoms. The first kappa shape index (κ1) is 18.8. The number of rotatable bonds is 5. The highest BCUT2D eigenvalue weighted by Crippen LogP contribution is 2.33. The van der Waals surface area contributed by atoms with E-state index in [1.165, 1.54) is 19.3 Å². The van der Waals surface area contributed by atoms with Crippen molar-refractivity contribution in [2.24, 2.45) is 0 Å². The highest BCUT2D eigenvalue weighted by Gasteiger charge is 2.37. The Kier molecular flexibility index (Phi) is 4.98. The van der Waals surface area contributed by atoms with E-state index in [1.807, 2.05) is 35.2 Å². The summed E-state index contributed by atoms with van der Waals surface area (Å²) in [6.45, 7) is 0.681. The second kappa shape index (κ2) is 7.93. The summed E-state index contributed by atoms with van der Waals surface area (Å²) in [5.41, 5.74) is 2.35. The number of carbonyl (C=O) groups is 1. The summed E-state index contributed by atoms with van der Waals surface area (Å²) in [5, 5.41) is 11.5. The van der Waals surface area contributed by atoms with Gasteiger partial charge in [0.1, 0.15) is 11.4 Å². The van der Waals surface area contributed by atoms with E-state index < -0.39 is 0 Å². The van der Waals surface area contributed by atoms with Crippen molar-refractivity contribution in [2.75, 3.05) is 13.7 Å². The molecule has 0 spiro atoms. The topological polar surface area (TPSA) is 97.1 Å². The van der Waals surface area contributed by atoms with E-state index in [0.29, 0.717) is 36.4 Å². The average Bonchev–Trinajstić information content (AvgIpc) is 3.53. The minimum atomic E-state index is -0.0160. The predicted octanol–water partition coefficient (Wildman–Crippen LogP) is 3.78. The summed E-state index contributed by atoms with van der Waals surface area (Å²) >= 11 is 0. The van der Waals surface area contributed by atoms with Gasteiger partial charge in [-0.05, 0) is 31.0 Å². The fraction of sp³-hybridized carbons (Fsp3) is 0.455. The first-order valence-electron chi connectivity index (χ1n) is 10.5. The SMILES string of the molecule is COc1cccc(-c2cc(-c3nc([C@H]4CC(=O)N(C5CCCCC5)C4)no3)[nH]n2)c1. The van der Waals surface area contributed by atoms with Crippen molar-refractivity contribution in [1.29, 1.82) is 0 Å². The Morgan fingerprint density at radius 1 is 1.20 bits per heavy atom. The zero-order valence-electron chi connectivity index (χ0n) is 17.0. The molecule has 1 N–H and O–H groups in total. The molecule has 1 aliphatic heterocycles. The van der Waals surface area contributed by atoms with Crippen LogP contribution in [0.5, 0.6) is 5.75 Å². The Balaban J connectivity index is 1.31. The molecule has 0 radical (unpaired) electrons. The van der Waals surface area contributed by atoms with Crippen LogP contribution in [-0.4, -0.2) is 50.8 Å². The summed E-state index contributed by atoms with van der Waals surface area (Å²) in [6, 6.07) is 9.94. The Bertz CT molecular complexity index is 1040. The minimum Gasteiger partial charge on any atom is -0.497 e. The van der Waals surface area contributed by atoms with E-state index in [4.69, 9.17) is 9.26 Å². The molecule has 2 aromatic heterocycles. The van der Waals surface area contributed by atoms with Crippen LogP contribution in [0.3, 0.4) is 0 Å². The fourth-order valence-electron chi connectivity index (χ4n) is 4.52. The number of nitrogens with one attached hydrogen (secondary N) is 1. The Morgan fingerprint density at radius 2 is 2.07 bits per heavy atom. The molecule has 156 valence electrons. The van der Waals surface area contributed by atoms with Crippen LogP contribution in [-0.2, 0) is 4.79 Å². The number of ether oxygens (including phenoxy) is 1. The van der Waals surface area contributed by atoms with Crippen LogP contribution in [0.2, 0.25) is 0 Å². The molecule has 2 aliphatic rings. The van der Waals surface area contributed by atoms with Crippen molar-refractivity contribution < 1.29 is 14.1 Å². The van der Waals surface area contributed by atoms with Gasteiger partial charge >= 0.3 is 0 Å². The van der Waals surface area contributed by atoms with E-state index in [9.17, 15) is 4.79 Å². The van der Waals surface area contributed by atoms with Gasteiger partial charge in [-0.2, -0.15) is 10.1 Å². The molecule has 1 saturated heterocycles. The van der Waals surface area contributed by atoms with Gasteiger partial charge in [0.05, 0.1) is 12.8 Å². The number of aromatic amines is 1. The lowest BCUT2D eigenvalue weighted by atomic mass is 9.94. The number of hydrogen-bond acceptors (Lipinski definition) is 6. The van der Waals surface area contributed by atoms with E-state index in [1.54, 1.807) is 7.11 Å². The van der Waals surface area contributed by atoms with Crippen molar-refractivity contribution in [3.63, 3.8) is 0 Å². The smallest absolute Gasteiger partial charge is 0.275 e. The standard InChI is InChI=1S/C22H25N5O3/c1-29-17-9-5-6-14(10-17)18-12-19(25-24-18)22-23-21(26-30-22)15-11-20(28)27(13-15)16-7-3-2-4-8-16/h5-6,9-10,12,15-16H,2-4,7-8,11,13H2,1H3,(H,24,25)/t15-/m0/s1. The second-order valence-corrected chi connectivity index (χ2v) is 8.10. The molecule has 2 fully saturated rings. The molecule has 1 aromatic carbocycles. The first-order valence-corrected chi connectivity index (χ1v) is 10.5.